The van der Waals surface area contributed by atoms with Gasteiger partial charge in [-0.2, -0.15) is 4.98 Å². The molecule has 25 heavy (non-hydrogen) atoms. The first kappa shape index (κ1) is 15.6. The molecule has 1 aromatic carbocycles. The van der Waals surface area contributed by atoms with E-state index in [2.05, 4.69) is 25.7 Å². The molecule has 3 heterocycles. The number of aromatic nitrogens is 6. The zero-order valence-corrected chi connectivity index (χ0v) is 14.2. The molecule has 0 fully saturated rings. The van der Waals surface area contributed by atoms with E-state index in [1.807, 2.05) is 43.3 Å². The van der Waals surface area contributed by atoms with Crippen molar-refractivity contribution >= 4 is 11.8 Å². The molecule has 0 amide bonds. The third kappa shape index (κ3) is 3.61. The summed E-state index contributed by atoms with van der Waals surface area (Å²) in [6.45, 7) is 2.51. The SMILES string of the molecule is Cc1ccc(-c2noc(CSc3nnnn3Cc3ccco3)n2)cc1. The smallest absolute Gasteiger partial charge is 0.237 e. The van der Waals surface area contributed by atoms with Crippen LogP contribution in [0, 0.1) is 6.92 Å². The number of benzene rings is 1. The summed E-state index contributed by atoms with van der Waals surface area (Å²) in [4.78, 5) is 4.42. The van der Waals surface area contributed by atoms with E-state index in [-0.39, 0.29) is 0 Å². The van der Waals surface area contributed by atoms with E-state index in [0.717, 1.165) is 11.3 Å². The van der Waals surface area contributed by atoms with Gasteiger partial charge < -0.3 is 8.94 Å². The Balaban J connectivity index is 1.42. The number of nitrogens with zero attached hydrogens (tertiary/aromatic N) is 6. The van der Waals surface area contributed by atoms with Crippen molar-refractivity contribution in [2.45, 2.75) is 24.4 Å². The molecule has 8 nitrogen and oxygen atoms in total. The predicted octanol–water partition coefficient (Wildman–Crippen LogP) is 2.97. The largest absolute Gasteiger partial charge is 0.467 e. The monoisotopic (exact) mass is 354 g/mol. The zero-order chi connectivity index (χ0) is 17.1. The number of hydrogen-bond donors (Lipinski definition) is 0. The molecule has 3 aromatic heterocycles. The molecular weight excluding hydrogens is 340 g/mol. The van der Waals surface area contributed by atoms with Gasteiger partial charge in [-0.15, -0.1) is 5.10 Å². The number of thioether (sulfide) groups is 1. The van der Waals surface area contributed by atoms with E-state index in [1.165, 1.54) is 17.3 Å². The van der Waals surface area contributed by atoms with Crippen LogP contribution in [0.25, 0.3) is 11.4 Å². The second-order valence-electron chi connectivity index (χ2n) is 5.36. The maximum atomic E-state index is 5.32. The van der Waals surface area contributed by atoms with Gasteiger partial charge in [-0.25, -0.2) is 4.68 Å². The molecular formula is C16H14N6O2S. The van der Waals surface area contributed by atoms with Gasteiger partial charge in [-0.1, -0.05) is 46.7 Å². The Kier molecular flexibility index (Phi) is 4.30. The van der Waals surface area contributed by atoms with Crippen LogP contribution < -0.4 is 0 Å². The quantitative estimate of drug-likeness (QED) is 0.488. The van der Waals surface area contributed by atoms with E-state index in [4.69, 9.17) is 8.94 Å². The van der Waals surface area contributed by atoms with Crippen LogP contribution in [0.5, 0.6) is 0 Å². The zero-order valence-electron chi connectivity index (χ0n) is 13.4. The van der Waals surface area contributed by atoms with E-state index in [1.54, 1.807) is 10.9 Å². The number of hydrogen-bond acceptors (Lipinski definition) is 8. The highest BCUT2D eigenvalue weighted by Crippen LogP contribution is 2.22. The number of furan rings is 1. The molecule has 0 atom stereocenters. The third-order valence-corrected chi connectivity index (χ3v) is 4.43. The highest BCUT2D eigenvalue weighted by atomic mass is 32.2. The maximum Gasteiger partial charge on any atom is 0.237 e. The molecule has 126 valence electrons. The first-order valence-electron chi connectivity index (χ1n) is 7.59. The van der Waals surface area contributed by atoms with Gasteiger partial charge >= 0.3 is 0 Å². The van der Waals surface area contributed by atoms with E-state index in [9.17, 15) is 0 Å². The Labute approximate surface area is 147 Å². The highest BCUT2D eigenvalue weighted by Gasteiger charge is 2.13. The second-order valence-corrected chi connectivity index (χ2v) is 6.31. The van der Waals surface area contributed by atoms with Crippen LogP contribution in [-0.2, 0) is 12.3 Å². The third-order valence-electron chi connectivity index (χ3n) is 3.49. The van der Waals surface area contributed by atoms with E-state index in [0.29, 0.717) is 29.2 Å². The second kappa shape index (κ2) is 6.89. The minimum atomic E-state index is 0.473. The van der Waals surface area contributed by atoms with Crippen molar-refractivity contribution < 1.29 is 8.94 Å². The summed E-state index contributed by atoms with van der Waals surface area (Å²) in [5, 5.41) is 16.4. The Morgan fingerprint density at radius 2 is 2.04 bits per heavy atom. The molecule has 9 heteroatoms. The van der Waals surface area contributed by atoms with Gasteiger partial charge in [0.25, 0.3) is 0 Å². The van der Waals surface area contributed by atoms with Crippen molar-refractivity contribution in [3.05, 3.63) is 59.9 Å². The Morgan fingerprint density at radius 3 is 2.84 bits per heavy atom. The molecule has 0 unspecified atom stereocenters. The van der Waals surface area contributed by atoms with Crippen LogP contribution in [0.4, 0.5) is 0 Å². The molecule has 0 saturated carbocycles. The predicted molar refractivity (Wildman–Crippen MR) is 89.7 cm³/mol. The molecule has 0 aliphatic heterocycles. The highest BCUT2D eigenvalue weighted by molar-refractivity contribution is 7.98. The molecule has 4 aromatic rings. The van der Waals surface area contributed by atoms with Crippen LogP contribution in [-0.4, -0.2) is 30.3 Å². The van der Waals surface area contributed by atoms with Gasteiger partial charge in [0.2, 0.25) is 16.9 Å². The van der Waals surface area contributed by atoms with E-state index >= 15 is 0 Å². The normalized spacial score (nSPS) is 11.1. The summed E-state index contributed by atoms with van der Waals surface area (Å²) >= 11 is 1.43. The lowest BCUT2D eigenvalue weighted by Crippen LogP contribution is -2.03. The summed E-state index contributed by atoms with van der Waals surface area (Å²) in [5.41, 5.74) is 2.11. The Morgan fingerprint density at radius 1 is 1.16 bits per heavy atom. The van der Waals surface area contributed by atoms with Crippen molar-refractivity contribution in [2.24, 2.45) is 0 Å². The molecule has 0 aliphatic carbocycles. The minimum Gasteiger partial charge on any atom is -0.467 e. The molecule has 0 N–H and O–H groups in total. The first-order chi connectivity index (χ1) is 12.3. The Bertz CT molecular complexity index is 945. The molecule has 0 bridgehead atoms. The molecule has 4 rings (SSSR count). The van der Waals surface area contributed by atoms with E-state index < -0.39 is 0 Å². The first-order valence-corrected chi connectivity index (χ1v) is 8.57. The van der Waals surface area contributed by atoms with Crippen molar-refractivity contribution in [1.29, 1.82) is 0 Å². The topological polar surface area (TPSA) is 95.7 Å². The summed E-state index contributed by atoms with van der Waals surface area (Å²) in [7, 11) is 0. The maximum absolute atomic E-state index is 5.32. The number of rotatable bonds is 6. The van der Waals surface area contributed by atoms with Crippen LogP contribution in [0.2, 0.25) is 0 Å². The van der Waals surface area contributed by atoms with Gasteiger partial charge in [0.15, 0.2) is 0 Å². The van der Waals surface area contributed by atoms with Crippen LogP contribution in [0.3, 0.4) is 0 Å². The molecule has 0 radical (unpaired) electrons. The van der Waals surface area contributed by atoms with Crippen molar-refractivity contribution in [2.75, 3.05) is 0 Å². The van der Waals surface area contributed by atoms with Crippen LogP contribution in [0.1, 0.15) is 17.2 Å². The van der Waals surface area contributed by atoms with Crippen LogP contribution >= 0.6 is 11.8 Å². The van der Waals surface area contributed by atoms with Gasteiger partial charge in [-0.05, 0) is 29.5 Å². The lowest BCUT2D eigenvalue weighted by Gasteiger charge is -2.00. The van der Waals surface area contributed by atoms with Crippen LogP contribution in [0.15, 0.2) is 56.8 Å². The molecule has 0 spiro atoms. The van der Waals surface area contributed by atoms with Crippen molar-refractivity contribution in [1.82, 2.24) is 30.3 Å². The molecule has 0 saturated heterocycles. The minimum absolute atomic E-state index is 0.473. The van der Waals surface area contributed by atoms with Crippen molar-refractivity contribution in [3.63, 3.8) is 0 Å². The fourth-order valence-corrected chi connectivity index (χ4v) is 2.92. The van der Waals surface area contributed by atoms with Gasteiger partial charge in [0, 0.05) is 5.56 Å². The summed E-state index contributed by atoms with van der Waals surface area (Å²) < 4.78 is 12.3. The number of aryl methyl sites for hydroxylation is 1. The van der Waals surface area contributed by atoms with Crippen molar-refractivity contribution in [3.8, 4) is 11.4 Å². The van der Waals surface area contributed by atoms with Gasteiger partial charge in [0.1, 0.15) is 12.3 Å². The number of tetrazole rings is 1. The Hall–Kier alpha value is -2.94. The standard InChI is InChI=1S/C16H14N6O2S/c1-11-4-6-12(7-5-11)15-17-14(24-19-15)10-25-16-18-20-21-22(16)9-13-3-2-8-23-13/h2-8H,9-10H2,1H3. The summed E-state index contributed by atoms with van der Waals surface area (Å²) in [6.07, 6.45) is 1.62. The van der Waals surface area contributed by atoms with Gasteiger partial charge in [-0.3, -0.25) is 0 Å². The lowest BCUT2D eigenvalue weighted by molar-refractivity contribution is 0.391. The fraction of sp³-hybridized carbons (Fsp3) is 0.188. The fourth-order valence-electron chi connectivity index (χ4n) is 2.21. The summed E-state index contributed by atoms with van der Waals surface area (Å²) in [6, 6.07) is 11.7. The van der Waals surface area contributed by atoms with Gasteiger partial charge in [0.05, 0.1) is 12.0 Å². The average Bonchev–Trinajstić information content (AvgIpc) is 3.36. The average molecular weight is 354 g/mol. The molecule has 0 aliphatic rings. The summed E-state index contributed by atoms with van der Waals surface area (Å²) in [5.74, 6) is 2.37. The lowest BCUT2D eigenvalue weighted by atomic mass is 10.1.